The van der Waals surface area contributed by atoms with E-state index in [2.05, 4.69) is 0 Å². The summed E-state index contributed by atoms with van der Waals surface area (Å²) in [5.41, 5.74) is 0. The molecule has 1 fully saturated rings. The smallest absolute Gasteiger partial charge is 0.303 e. The van der Waals surface area contributed by atoms with Crippen molar-refractivity contribution in [3.63, 3.8) is 0 Å². The molecule has 8 nitrogen and oxygen atoms in total. The van der Waals surface area contributed by atoms with Gasteiger partial charge < -0.3 is 23.7 Å². The minimum Gasteiger partial charge on any atom is -0.463 e. The fourth-order valence-electron chi connectivity index (χ4n) is 2.05. The van der Waals surface area contributed by atoms with Gasteiger partial charge >= 0.3 is 17.9 Å². The van der Waals surface area contributed by atoms with Gasteiger partial charge in [-0.15, -0.1) is 0 Å². The summed E-state index contributed by atoms with van der Waals surface area (Å²) in [6, 6.07) is 0. The van der Waals surface area contributed by atoms with Crippen LogP contribution in [0.5, 0.6) is 0 Å². The van der Waals surface area contributed by atoms with Crippen molar-refractivity contribution in [2.24, 2.45) is 0 Å². The third kappa shape index (κ3) is 5.31. The number of hydrogen-bond donors (Lipinski definition) is 0. The Morgan fingerprint density at radius 2 is 1.57 bits per heavy atom. The minimum atomic E-state index is -0.913. The van der Waals surface area contributed by atoms with Crippen LogP contribution in [-0.2, 0) is 38.1 Å². The second-order valence-corrected chi connectivity index (χ2v) is 4.60. The van der Waals surface area contributed by atoms with Crippen LogP contribution in [0.3, 0.4) is 0 Å². The number of hydrogen-bond acceptors (Lipinski definition) is 8. The Morgan fingerprint density at radius 3 is 2.05 bits per heavy atom. The Balaban J connectivity index is 2.89. The second kappa shape index (κ2) is 7.94. The van der Waals surface area contributed by atoms with Crippen molar-refractivity contribution in [1.29, 1.82) is 0 Å². The fourth-order valence-corrected chi connectivity index (χ4v) is 2.05. The van der Waals surface area contributed by atoms with E-state index < -0.39 is 42.3 Å². The molecule has 1 saturated heterocycles. The van der Waals surface area contributed by atoms with E-state index in [1.165, 1.54) is 27.9 Å². The summed E-state index contributed by atoms with van der Waals surface area (Å²) in [5, 5.41) is 0. The van der Waals surface area contributed by atoms with Crippen LogP contribution < -0.4 is 0 Å². The average molecular weight is 304 g/mol. The SMILES string of the molecule is CO[C@@H]1CO[C@H](COC(C)=O)[C@@H](OC(C)=O)[C@@H]1OC(C)=O. The van der Waals surface area contributed by atoms with Gasteiger partial charge in [-0.25, -0.2) is 0 Å². The summed E-state index contributed by atoms with van der Waals surface area (Å²) in [5.74, 6) is -1.59. The molecular formula is C13H20O8. The van der Waals surface area contributed by atoms with E-state index in [1.807, 2.05) is 0 Å². The lowest BCUT2D eigenvalue weighted by Crippen LogP contribution is -2.58. The van der Waals surface area contributed by atoms with Crippen LogP contribution in [-0.4, -0.2) is 62.6 Å². The van der Waals surface area contributed by atoms with Gasteiger partial charge in [-0.2, -0.15) is 0 Å². The molecule has 0 spiro atoms. The van der Waals surface area contributed by atoms with E-state index in [4.69, 9.17) is 23.7 Å². The van der Waals surface area contributed by atoms with Crippen molar-refractivity contribution in [1.82, 2.24) is 0 Å². The van der Waals surface area contributed by atoms with E-state index >= 15 is 0 Å². The van der Waals surface area contributed by atoms with Gasteiger partial charge in [0.05, 0.1) is 6.61 Å². The van der Waals surface area contributed by atoms with Crippen LogP contribution >= 0.6 is 0 Å². The van der Waals surface area contributed by atoms with Crippen molar-refractivity contribution in [2.45, 2.75) is 45.2 Å². The Labute approximate surface area is 122 Å². The van der Waals surface area contributed by atoms with Gasteiger partial charge in [0.1, 0.15) is 18.8 Å². The molecule has 1 aliphatic heterocycles. The topological polar surface area (TPSA) is 97.4 Å². The van der Waals surface area contributed by atoms with Gasteiger partial charge in [-0.1, -0.05) is 0 Å². The van der Waals surface area contributed by atoms with Gasteiger partial charge in [-0.3, -0.25) is 14.4 Å². The van der Waals surface area contributed by atoms with Crippen molar-refractivity contribution >= 4 is 17.9 Å². The number of carbonyl (C=O) groups excluding carboxylic acids is 3. The van der Waals surface area contributed by atoms with Crippen LogP contribution in [0, 0.1) is 0 Å². The highest BCUT2D eigenvalue weighted by Gasteiger charge is 2.45. The molecule has 21 heavy (non-hydrogen) atoms. The van der Waals surface area contributed by atoms with Crippen molar-refractivity contribution in [3.05, 3.63) is 0 Å². The molecule has 0 bridgehead atoms. The molecule has 0 saturated carbocycles. The summed E-state index contributed by atoms with van der Waals surface area (Å²) >= 11 is 0. The molecule has 1 heterocycles. The quantitative estimate of drug-likeness (QED) is 0.510. The lowest BCUT2D eigenvalue weighted by atomic mass is 9.99. The number of esters is 3. The molecule has 0 aromatic rings. The lowest BCUT2D eigenvalue weighted by Gasteiger charge is -2.40. The van der Waals surface area contributed by atoms with Crippen LogP contribution in [0.15, 0.2) is 0 Å². The Morgan fingerprint density at radius 1 is 1.00 bits per heavy atom. The van der Waals surface area contributed by atoms with Crippen LogP contribution in [0.2, 0.25) is 0 Å². The summed E-state index contributed by atoms with van der Waals surface area (Å²) < 4.78 is 25.9. The molecule has 1 aliphatic rings. The number of ether oxygens (including phenoxy) is 5. The van der Waals surface area contributed by atoms with Crippen molar-refractivity contribution in [3.8, 4) is 0 Å². The summed E-state index contributed by atoms with van der Waals surface area (Å²) in [6.07, 6.45) is -3.05. The minimum absolute atomic E-state index is 0.110. The molecule has 1 rings (SSSR count). The van der Waals surface area contributed by atoms with Crippen LogP contribution in [0.1, 0.15) is 20.8 Å². The highest BCUT2D eigenvalue weighted by atomic mass is 16.6. The third-order valence-corrected chi connectivity index (χ3v) is 2.89. The van der Waals surface area contributed by atoms with Gasteiger partial charge in [0, 0.05) is 27.9 Å². The first-order valence-electron chi connectivity index (χ1n) is 6.47. The largest absolute Gasteiger partial charge is 0.463 e. The standard InChI is InChI=1S/C13H20O8/c1-7(14)18-6-11-13(21-9(3)16)12(20-8(2)15)10(17-4)5-19-11/h10-13H,5-6H2,1-4H3/t10-,11-,12-,13-/m1/s1. The first-order valence-corrected chi connectivity index (χ1v) is 6.47. The van der Waals surface area contributed by atoms with Gasteiger partial charge in [0.15, 0.2) is 12.2 Å². The monoisotopic (exact) mass is 304 g/mol. The predicted octanol–water partition coefficient (Wildman–Crippen LogP) is -0.173. The zero-order chi connectivity index (χ0) is 16.0. The number of methoxy groups -OCH3 is 1. The maximum atomic E-state index is 11.3. The Bertz CT molecular complexity index is 394. The molecule has 4 atom stereocenters. The highest BCUT2D eigenvalue weighted by molar-refractivity contribution is 5.67. The molecule has 120 valence electrons. The molecule has 0 aromatic carbocycles. The molecule has 0 radical (unpaired) electrons. The van der Waals surface area contributed by atoms with Crippen molar-refractivity contribution in [2.75, 3.05) is 20.3 Å². The zero-order valence-corrected chi connectivity index (χ0v) is 12.5. The first kappa shape index (κ1) is 17.4. The van der Waals surface area contributed by atoms with Gasteiger partial charge in [0.25, 0.3) is 0 Å². The first-order chi connectivity index (χ1) is 9.85. The predicted molar refractivity (Wildman–Crippen MR) is 68.3 cm³/mol. The van der Waals surface area contributed by atoms with E-state index in [9.17, 15) is 14.4 Å². The average Bonchev–Trinajstić information content (AvgIpc) is 2.37. The maximum Gasteiger partial charge on any atom is 0.303 e. The van der Waals surface area contributed by atoms with Gasteiger partial charge in [0.2, 0.25) is 0 Å². The van der Waals surface area contributed by atoms with E-state index in [0.717, 1.165) is 0 Å². The Hall–Kier alpha value is -1.67. The molecular weight excluding hydrogens is 284 g/mol. The molecule has 0 N–H and O–H groups in total. The van der Waals surface area contributed by atoms with Crippen LogP contribution in [0.4, 0.5) is 0 Å². The maximum absolute atomic E-state index is 11.3. The fraction of sp³-hybridized carbons (Fsp3) is 0.769. The summed E-state index contributed by atoms with van der Waals surface area (Å²) in [6.45, 7) is 3.74. The molecule has 0 aromatic heterocycles. The normalized spacial score (nSPS) is 28.6. The lowest BCUT2D eigenvalue weighted by molar-refractivity contribution is -0.229. The highest BCUT2D eigenvalue weighted by Crippen LogP contribution is 2.24. The summed E-state index contributed by atoms with van der Waals surface area (Å²) in [4.78, 5) is 33.4. The van der Waals surface area contributed by atoms with Crippen LogP contribution in [0.25, 0.3) is 0 Å². The van der Waals surface area contributed by atoms with Gasteiger partial charge in [-0.05, 0) is 0 Å². The molecule has 0 aliphatic carbocycles. The van der Waals surface area contributed by atoms with Crippen molar-refractivity contribution < 1.29 is 38.1 Å². The Kier molecular flexibility index (Phi) is 6.57. The van der Waals surface area contributed by atoms with E-state index in [1.54, 1.807) is 0 Å². The van der Waals surface area contributed by atoms with E-state index in [-0.39, 0.29) is 13.2 Å². The zero-order valence-electron chi connectivity index (χ0n) is 12.5. The molecule has 8 heteroatoms. The third-order valence-electron chi connectivity index (χ3n) is 2.89. The second-order valence-electron chi connectivity index (χ2n) is 4.60. The molecule has 0 amide bonds. The van der Waals surface area contributed by atoms with E-state index in [0.29, 0.717) is 0 Å². The number of carbonyl (C=O) groups is 3. The molecule has 0 unspecified atom stereocenters. The summed E-state index contributed by atoms with van der Waals surface area (Å²) in [7, 11) is 1.43. The number of rotatable bonds is 5.